The molecule has 0 amide bonds. The molecule has 104 valence electrons. The maximum atomic E-state index is 13.4. The van der Waals surface area contributed by atoms with E-state index >= 15 is 0 Å². The third kappa shape index (κ3) is 4.35. The second-order valence-corrected chi connectivity index (χ2v) is 4.03. The fraction of sp³-hybridized carbons (Fsp3) is 0.429. The summed E-state index contributed by atoms with van der Waals surface area (Å²) in [4.78, 5) is 22.8. The number of carbonyl (C=O) groups is 2. The molecule has 1 aromatic rings. The summed E-state index contributed by atoms with van der Waals surface area (Å²) >= 11 is 0. The summed E-state index contributed by atoms with van der Waals surface area (Å²) in [6.45, 7) is 0. The molecule has 1 aromatic carbocycles. The Morgan fingerprint density at radius 1 is 1.16 bits per heavy atom. The lowest BCUT2D eigenvalue weighted by molar-refractivity contribution is -0.140. The standard InChI is InChI=1S/C14H17FO4/c1-18-13(17)9-4-3-8-12(16)10-6-5-7-11(15)14(10)19-2/h5-7H,3-4,8-9H2,1-2H3. The molecule has 1 rings (SSSR count). The Morgan fingerprint density at radius 2 is 1.84 bits per heavy atom. The highest BCUT2D eigenvalue weighted by Crippen LogP contribution is 2.24. The molecule has 0 aromatic heterocycles. The van der Waals surface area contributed by atoms with Gasteiger partial charge >= 0.3 is 5.97 Å². The van der Waals surface area contributed by atoms with E-state index in [-0.39, 0.29) is 35.9 Å². The Bertz CT molecular complexity index is 457. The van der Waals surface area contributed by atoms with Crippen molar-refractivity contribution in [2.24, 2.45) is 0 Å². The average Bonchev–Trinajstić information content (AvgIpc) is 2.42. The van der Waals surface area contributed by atoms with Crippen LogP contribution in [0.15, 0.2) is 18.2 Å². The molecule has 0 N–H and O–H groups in total. The van der Waals surface area contributed by atoms with Gasteiger partial charge in [-0.05, 0) is 25.0 Å². The molecular formula is C14H17FO4. The van der Waals surface area contributed by atoms with Gasteiger partial charge in [0.15, 0.2) is 17.3 Å². The van der Waals surface area contributed by atoms with E-state index in [1.807, 2.05) is 0 Å². The molecule has 0 aliphatic carbocycles. The van der Waals surface area contributed by atoms with Gasteiger partial charge in [0.25, 0.3) is 0 Å². The number of benzene rings is 1. The van der Waals surface area contributed by atoms with E-state index in [2.05, 4.69) is 4.74 Å². The van der Waals surface area contributed by atoms with Gasteiger partial charge < -0.3 is 9.47 Å². The van der Waals surface area contributed by atoms with Crippen molar-refractivity contribution in [2.45, 2.75) is 25.7 Å². The number of ether oxygens (including phenoxy) is 2. The zero-order valence-corrected chi connectivity index (χ0v) is 11.1. The lowest BCUT2D eigenvalue weighted by atomic mass is 10.0. The molecule has 0 saturated carbocycles. The molecule has 0 unspecified atom stereocenters. The van der Waals surface area contributed by atoms with Crippen LogP contribution in [0.1, 0.15) is 36.0 Å². The van der Waals surface area contributed by atoms with Crippen LogP contribution in [0, 0.1) is 5.82 Å². The van der Waals surface area contributed by atoms with Crippen LogP contribution in [-0.4, -0.2) is 26.0 Å². The molecule has 0 aliphatic rings. The highest BCUT2D eigenvalue weighted by atomic mass is 19.1. The number of methoxy groups -OCH3 is 2. The summed E-state index contributed by atoms with van der Waals surface area (Å²) in [5, 5.41) is 0. The molecule has 4 nitrogen and oxygen atoms in total. The number of hydrogen-bond donors (Lipinski definition) is 0. The van der Waals surface area contributed by atoms with Crippen LogP contribution in [0.3, 0.4) is 0 Å². The van der Waals surface area contributed by atoms with E-state index in [0.29, 0.717) is 12.8 Å². The average molecular weight is 268 g/mol. The Labute approximate surface area is 111 Å². The van der Waals surface area contributed by atoms with Crippen molar-refractivity contribution < 1.29 is 23.5 Å². The summed E-state index contributed by atoms with van der Waals surface area (Å²) < 4.78 is 22.8. The molecule has 0 atom stereocenters. The van der Waals surface area contributed by atoms with E-state index in [1.165, 1.54) is 32.4 Å². The quantitative estimate of drug-likeness (QED) is 0.433. The largest absolute Gasteiger partial charge is 0.493 e. The van der Waals surface area contributed by atoms with Gasteiger partial charge in [-0.2, -0.15) is 0 Å². The van der Waals surface area contributed by atoms with Gasteiger partial charge in [0.2, 0.25) is 0 Å². The highest BCUT2D eigenvalue weighted by Gasteiger charge is 2.15. The molecule has 0 aliphatic heterocycles. The number of ketones is 1. The monoisotopic (exact) mass is 268 g/mol. The topological polar surface area (TPSA) is 52.6 Å². The molecule has 0 spiro atoms. The van der Waals surface area contributed by atoms with Gasteiger partial charge in [-0.25, -0.2) is 4.39 Å². The lowest BCUT2D eigenvalue weighted by Gasteiger charge is -2.08. The van der Waals surface area contributed by atoms with Crippen molar-refractivity contribution in [2.75, 3.05) is 14.2 Å². The van der Waals surface area contributed by atoms with E-state index in [0.717, 1.165) is 0 Å². The predicted molar refractivity (Wildman–Crippen MR) is 67.8 cm³/mol. The number of Topliss-reactive ketones (excluding diaryl/α,β-unsaturated/α-hetero) is 1. The summed E-state index contributed by atoms with van der Waals surface area (Å²) in [6.07, 6.45) is 1.64. The summed E-state index contributed by atoms with van der Waals surface area (Å²) in [5.41, 5.74) is 0.237. The van der Waals surface area contributed by atoms with Crippen LogP contribution < -0.4 is 4.74 Å². The molecular weight excluding hydrogens is 251 g/mol. The third-order valence-corrected chi connectivity index (χ3v) is 2.73. The van der Waals surface area contributed by atoms with Crippen LogP contribution in [0.2, 0.25) is 0 Å². The number of carbonyl (C=O) groups excluding carboxylic acids is 2. The van der Waals surface area contributed by atoms with E-state index < -0.39 is 5.82 Å². The van der Waals surface area contributed by atoms with Crippen LogP contribution in [0.5, 0.6) is 5.75 Å². The molecule has 0 bridgehead atoms. The second-order valence-electron chi connectivity index (χ2n) is 4.03. The maximum Gasteiger partial charge on any atom is 0.305 e. The van der Waals surface area contributed by atoms with Crippen molar-refractivity contribution >= 4 is 11.8 Å². The number of unbranched alkanes of at least 4 members (excludes halogenated alkanes) is 1. The number of halogens is 1. The van der Waals surface area contributed by atoms with Crippen molar-refractivity contribution in [1.29, 1.82) is 0 Å². The van der Waals surface area contributed by atoms with Gasteiger partial charge in [0.1, 0.15) is 0 Å². The van der Waals surface area contributed by atoms with Gasteiger partial charge in [-0.15, -0.1) is 0 Å². The Hall–Kier alpha value is -1.91. The zero-order chi connectivity index (χ0) is 14.3. The van der Waals surface area contributed by atoms with Gasteiger partial charge in [0, 0.05) is 12.8 Å². The number of hydrogen-bond acceptors (Lipinski definition) is 4. The first kappa shape index (κ1) is 15.1. The first-order chi connectivity index (χ1) is 9.10. The third-order valence-electron chi connectivity index (χ3n) is 2.73. The Kier molecular flexibility index (Phi) is 5.99. The minimum atomic E-state index is -0.553. The summed E-state index contributed by atoms with van der Waals surface area (Å²) in [7, 11) is 2.65. The fourth-order valence-corrected chi connectivity index (χ4v) is 1.73. The lowest BCUT2D eigenvalue weighted by Crippen LogP contribution is -2.05. The van der Waals surface area contributed by atoms with Crippen LogP contribution in [0.25, 0.3) is 0 Å². The van der Waals surface area contributed by atoms with Crippen LogP contribution in [-0.2, 0) is 9.53 Å². The van der Waals surface area contributed by atoms with Gasteiger partial charge in [-0.1, -0.05) is 6.07 Å². The van der Waals surface area contributed by atoms with Crippen molar-refractivity contribution in [1.82, 2.24) is 0 Å². The Morgan fingerprint density at radius 3 is 2.47 bits per heavy atom. The fourth-order valence-electron chi connectivity index (χ4n) is 1.73. The maximum absolute atomic E-state index is 13.4. The number of rotatable bonds is 7. The zero-order valence-electron chi connectivity index (χ0n) is 11.1. The predicted octanol–water partition coefficient (Wildman–Crippen LogP) is 2.75. The van der Waals surface area contributed by atoms with Crippen molar-refractivity contribution in [3.05, 3.63) is 29.6 Å². The van der Waals surface area contributed by atoms with E-state index in [9.17, 15) is 14.0 Å². The van der Waals surface area contributed by atoms with E-state index in [1.54, 1.807) is 0 Å². The smallest absolute Gasteiger partial charge is 0.305 e. The van der Waals surface area contributed by atoms with E-state index in [4.69, 9.17) is 4.74 Å². The Balaban J connectivity index is 2.54. The number of para-hydroxylation sites is 1. The van der Waals surface area contributed by atoms with Crippen LogP contribution >= 0.6 is 0 Å². The molecule has 19 heavy (non-hydrogen) atoms. The van der Waals surface area contributed by atoms with Gasteiger partial charge in [-0.3, -0.25) is 9.59 Å². The summed E-state index contributed by atoms with van der Waals surface area (Å²) in [5.74, 6) is -1.07. The number of esters is 1. The molecule has 0 saturated heterocycles. The minimum absolute atomic E-state index is 0.0273. The first-order valence-electron chi connectivity index (χ1n) is 6.02. The first-order valence-corrected chi connectivity index (χ1v) is 6.02. The molecule has 0 radical (unpaired) electrons. The minimum Gasteiger partial charge on any atom is -0.493 e. The molecule has 0 fully saturated rings. The molecule has 0 heterocycles. The SMILES string of the molecule is COC(=O)CCCCC(=O)c1cccc(F)c1OC. The summed E-state index contributed by atoms with van der Waals surface area (Å²) in [6, 6.07) is 4.25. The van der Waals surface area contributed by atoms with Gasteiger partial charge in [0.05, 0.1) is 19.8 Å². The van der Waals surface area contributed by atoms with Crippen molar-refractivity contribution in [3.8, 4) is 5.75 Å². The molecule has 5 heteroatoms. The highest BCUT2D eigenvalue weighted by molar-refractivity contribution is 5.98. The van der Waals surface area contributed by atoms with Crippen molar-refractivity contribution in [3.63, 3.8) is 0 Å². The van der Waals surface area contributed by atoms with Crippen LogP contribution in [0.4, 0.5) is 4.39 Å². The second kappa shape index (κ2) is 7.51. The normalized spacial score (nSPS) is 10.1.